The third-order valence-corrected chi connectivity index (χ3v) is 3.61. The second kappa shape index (κ2) is 4.30. The van der Waals surface area contributed by atoms with E-state index in [9.17, 15) is 4.79 Å². The summed E-state index contributed by atoms with van der Waals surface area (Å²) >= 11 is 0. The van der Waals surface area contributed by atoms with E-state index in [2.05, 4.69) is 5.32 Å². The molecule has 14 heavy (non-hydrogen) atoms. The molecule has 3 N–H and O–H groups in total. The third kappa shape index (κ3) is 2.27. The maximum Gasteiger partial charge on any atom is 0.220 e. The lowest BCUT2D eigenvalue weighted by atomic mass is 9.83. The van der Waals surface area contributed by atoms with E-state index in [4.69, 9.17) is 5.73 Å². The average molecular weight is 196 g/mol. The van der Waals surface area contributed by atoms with Crippen LogP contribution in [0.25, 0.3) is 0 Å². The molecule has 0 radical (unpaired) electrons. The fourth-order valence-corrected chi connectivity index (χ4v) is 2.39. The van der Waals surface area contributed by atoms with E-state index in [0.717, 1.165) is 25.7 Å². The van der Waals surface area contributed by atoms with Crippen LogP contribution in [0.5, 0.6) is 0 Å². The summed E-state index contributed by atoms with van der Waals surface area (Å²) in [6.07, 6.45) is 7.81. The van der Waals surface area contributed by atoms with Gasteiger partial charge in [0, 0.05) is 18.5 Å². The van der Waals surface area contributed by atoms with Crippen molar-refractivity contribution in [3.63, 3.8) is 0 Å². The second-order valence-electron chi connectivity index (χ2n) is 4.77. The van der Waals surface area contributed by atoms with Gasteiger partial charge in [-0.2, -0.15) is 0 Å². The highest BCUT2D eigenvalue weighted by Gasteiger charge is 2.27. The van der Waals surface area contributed by atoms with Crippen molar-refractivity contribution in [3.8, 4) is 0 Å². The Morgan fingerprint density at radius 1 is 1.21 bits per heavy atom. The smallest absolute Gasteiger partial charge is 0.220 e. The molecule has 2 aliphatic rings. The minimum Gasteiger partial charge on any atom is -0.352 e. The lowest BCUT2D eigenvalue weighted by Gasteiger charge is -2.26. The Morgan fingerprint density at radius 2 is 1.93 bits per heavy atom. The zero-order chi connectivity index (χ0) is 9.97. The minimum atomic E-state index is 0.195. The molecule has 2 atom stereocenters. The maximum absolute atomic E-state index is 11.6. The fourth-order valence-electron chi connectivity index (χ4n) is 2.39. The SMILES string of the molecule is NC1CCCC1NC(=O)CC1CCC1. The van der Waals surface area contributed by atoms with Gasteiger partial charge in [0.15, 0.2) is 0 Å². The van der Waals surface area contributed by atoms with Crippen molar-refractivity contribution in [2.24, 2.45) is 11.7 Å². The van der Waals surface area contributed by atoms with Gasteiger partial charge in [-0.1, -0.05) is 6.42 Å². The van der Waals surface area contributed by atoms with Crippen LogP contribution in [0.3, 0.4) is 0 Å². The van der Waals surface area contributed by atoms with Crippen LogP contribution in [0.1, 0.15) is 44.9 Å². The van der Waals surface area contributed by atoms with E-state index in [0.29, 0.717) is 5.92 Å². The quantitative estimate of drug-likeness (QED) is 0.712. The Hall–Kier alpha value is -0.570. The summed E-state index contributed by atoms with van der Waals surface area (Å²) in [5.74, 6) is 0.879. The van der Waals surface area contributed by atoms with E-state index in [-0.39, 0.29) is 18.0 Å². The molecule has 0 aliphatic heterocycles. The molecule has 2 fully saturated rings. The summed E-state index contributed by atoms with van der Waals surface area (Å²) in [7, 11) is 0. The van der Waals surface area contributed by atoms with Crippen molar-refractivity contribution >= 4 is 5.91 Å². The first-order chi connectivity index (χ1) is 6.75. The van der Waals surface area contributed by atoms with Gasteiger partial charge in [-0.25, -0.2) is 0 Å². The molecule has 0 spiro atoms. The monoisotopic (exact) mass is 196 g/mol. The first kappa shape index (κ1) is 9.97. The maximum atomic E-state index is 11.6. The standard InChI is InChI=1S/C11H20N2O/c12-9-5-2-6-10(9)13-11(14)7-8-3-1-4-8/h8-10H,1-7,12H2,(H,13,14). The van der Waals surface area contributed by atoms with Gasteiger partial charge in [0.1, 0.15) is 0 Å². The Bertz CT molecular complexity index is 213. The molecule has 0 aromatic heterocycles. The summed E-state index contributed by atoms with van der Waals surface area (Å²) in [6, 6.07) is 0.447. The molecule has 3 heteroatoms. The van der Waals surface area contributed by atoms with Crippen LogP contribution in [0.15, 0.2) is 0 Å². The number of amides is 1. The van der Waals surface area contributed by atoms with Gasteiger partial charge in [-0.3, -0.25) is 4.79 Å². The molecule has 0 heterocycles. The molecule has 0 aromatic carbocycles. The van der Waals surface area contributed by atoms with Gasteiger partial charge in [0.2, 0.25) is 5.91 Å². The van der Waals surface area contributed by atoms with E-state index in [1.54, 1.807) is 0 Å². The van der Waals surface area contributed by atoms with Gasteiger partial charge < -0.3 is 11.1 Å². The number of carbonyl (C=O) groups excluding carboxylic acids is 1. The Morgan fingerprint density at radius 3 is 2.43 bits per heavy atom. The summed E-state index contributed by atoms with van der Waals surface area (Å²) in [5.41, 5.74) is 5.89. The Balaban J connectivity index is 1.70. The van der Waals surface area contributed by atoms with Crippen LogP contribution in [0.4, 0.5) is 0 Å². The highest BCUT2D eigenvalue weighted by molar-refractivity contribution is 5.76. The van der Waals surface area contributed by atoms with Crippen molar-refractivity contribution in [3.05, 3.63) is 0 Å². The molecular formula is C11H20N2O. The van der Waals surface area contributed by atoms with Gasteiger partial charge in [-0.05, 0) is 38.0 Å². The van der Waals surface area contributed by atoms with E-state index >= 15 is 0 Å². The van der Waals surface area contributed by atoms with Crippen LogP contribution in [-0.2, 0) is 4.79 Å². The van der Waals surface area contributed by atoms with Crippen LogP contribution in [-0.4, -0.2) is 18.0 Å². The van der Waals surface area contributed by atoms with Crippen LogP contribution >= 0.6 is 0 Å². The molecule has 0 aromatic rings. The van der Waals surface area contributed by atoms with Crippen LogP contribution in [0, 0.1) is 5.92 Å². The van der Waals surface area contributed by atoms with Crippen LogP contribution < -0.4 is 11.1 Å². The largest absolute Gasteiger partial charge is 0.352 e. The second-order valence-corrected chi connectivity index (χ2v) is 4.77. The van der Waals surface area contributed by atoms with E-state index < -0.39 is 0 Å². The number of hydrogen-bond acceptors (Lipinski definition) is 2. The first-order valence-electron chi connectivity index (χ1n) is 5.80. The summed E-state index contributed by atoms with van der Waals surface area (Å²) in [4.78, 5) is 11.6. The number of carbonyl (C=O) groups is 1. The third-order valence-electron chi connectivity index (χ3n) is 3.61. The van der Waals surface area contributed by atoms with Crippen LogP contribution in [0.2, 0.25) is 0 Å². The number of nitrogens with two attached hydrogens (primary N) is 1. The normalized spacial score (nSPS) is 32.6. The molecular weight excluding hydrogens is 176 g/mol. The Kier molecular flexibility index (Phi) is 3.06. The molecule has 1 amide bonds. The van der Waals surface area contributed by atoms with E-state index in [1.807, 2.05) is 0 Å². The molecule has 0 saturated heterocycles. The molecule has 2 aliphatic carbocycles. The lowest BCUT2D eigenvalue weighted by Crippen LogP contribution is -2.44. The zero-order valence-electron chi connectivity index (χ0n) is 8.67. The van der Waals surface area contributed by atoms with Crippen molar-refractivity contribution < 1.29 is 4.79 Å². The highest BCUT2D eigenvalue weighted by Crippen LogP contribution is 2.29. The number of hydrogen-bond donors (Lipinski definition) is 2. The zero-order valence-corrected chi connectivity index (χ0v) is 8.67. The fraction of sp³-hybridized carbons (Fsp3) is 0.909. The number of nitrogens with one attached hydrogen (secondary N) is 1. The predicted octanol–water partition coefficient (Wildman–Crippen LogP) is 1.17. The van der Waals surface area contributed by atoms with Gasteiger partial charge in [-0.15, -0.1) is 0 Å². The summed E-state index contributed by atoms with van der Waals surface area (Å²) < 4.78 is 0. The highest BCUT2D eigenvalue weighted by atomic mass is 16.1. The molecule has 2 saturated carbocycles. The molecule has 2 unspecified atom stereocenters. The number of rotatable bonds is 3. The first-order valence-corrected chi connectivity index (χ1v) is 5.80. The van der Waals surface area contributed by atoms with Crippen molar-refractivity contribution in [1.29, 1.82) is 0 Å². The molecule has 2 rings (SSSR count). The topological polar surface area (TPSA) is 55.1 Å². The molecule has 3 nitrogen and oxygen atoms in total. The summed E-state index contributed by atoms with van der Waals surface area (Å²) in [5, 5.41) is 3.06. The van der Waals surface area contributed by atoms with E-state index in [1.165, 1.54) is 19.3 Å². The van der Waals surface area contributed by atoms with Gasteiger partial charge in [0.25, 0.3) is 0 Å². The van der Waals surface area contributed by atoms with Gasteiger partial charge >= 0.3 is 0 Å². The molecule has 80 valence electrons. The summed E-state index contributed by atoms with van der Waals surface area (Å²) in [6.45, 7) is 0. The lowest BCUT2D eigenvalue weighted by molar-refractivity contribution is -0.123. The van der Waals surface area contributed by atoms with Crippen molar-refractivity contribution in [1.82, 2.24) is 5.32 Å². The predicted molar refractivity (Wildman–Crippen MR) is 55.7 cm³/mol. The average Bonchev–Trinajstić information content (AvgIpc) is 2.45. The minimum absolute atomic E-state index is 0.195. The Labute approximate surface area is 85.4 Å². The van der Waals surface area contributed by atoms with Crippen molar-refractivity contribution in [2.45, 2.75) is 57.0 Å². The van der Waals surface area contributed by atoms with Crippen molar-refractivity contribution in [2.75, 3.05) is 0 Å². The van der Waals surface area contributed by atoms with Gasteiger partial charge in [0.05, 0.1) is 0 Å². The molecule has 0 bridgehead atoms.